The molecule has 2 aromatic carbocycles. The lowest BCUT2D eigenvalue weighted by Crippen LogP contribution is -2.11. The number of hydrogen-bond acceptors (Lipinski definition) is 3. The van der Waals surface area contributed by atoms with Crippen LogP contribution in [0.25, 0.3) is 5.57 Å². The minimum Gasteiger partial charge on any atom is -0.508 e. The molecule has 0 aromatic heterocycles. The average Bonchev–Trinajstić information content (AvgIpc) is 3.21. The molecule has 0 aliphatic heterocycles. The lowest BCUT2D eigenvalue weighted by atomic mass is 9.83. The average molecular weight is 452 g/mol. The number of fused-ring (bicyclic) bond motifs is 1. The Kier molecular flexibility index (Phi) is 7.46. The highest BCUT2D eigenvalue weighted by Gasteiger charge is 2.26. The number of rotatable bonds is 9. The molecule has 0 saturated heterocycles. The number of hydrogen-bond donors (Lipinski definition) is 3. The molecule has 174 valence electrons. The van der Waals surface area contributed by atoms with Crippen molar-refractivity contribution in [2.24, 2.45) is 5.92 Å². The van der Waals surface area contributed by atoms with Gasteiger partial charge < -0.3 is 10.3 Å². The topological polar surface area (TPSA) is 52.5 Å². The van der Waals surface area contributed by atoms with E-state index in [1.807, 2.05) is 12.1 Å². The molecule has 0 heterocycles. The predicted molar refractivity (Wildman–Crippen MR) is 141 cm³/mol. The SMILES string of the molecule is C=C(/C(C)=C/C1=C2C=CC=CC2C(c2cccc(C)c2)=C1)C(CCCNO)c1ccc(O)cc1. The smallest absolute Gasteiger partial charge is 0.115 e. The molecule has 34 heavy (non-hydrogen) atoms. The van der Waals surface area contributed by atoms with Gasteiger partial charge in [0.15, 0.2) is 0 Å². The number of allylic oxidation sites excluding steroid dienone is 11. The van der Waals surface area contributed by atoms with E-state index in [9.17, 15) is 5.11 Å². The maximum Gasteiger partial charge on any atom is 0.115 e. The van der Waals surface area contributed by atoms with Gasteiger partial charge in [-0.05, 0) is 83.9 Å². The van der Waals surface area contributed by atoms with Gasteiger partial charge in [-0.15, -0.1) is 0 Å². The number of hydroxylamine groups is 1. The summed E-state index contributed by atoms with van der Waals surface area (Å²) in [4.78, 5) is 0. The number of phenols is 1. The zero-order chi connectivity index (χ0) is 24.1. The van der Waals surface area contributed by atoms with E-state index in [0.29, 0.717) is 6.54 Å². The van der Waals surface area contributed by atoms with Gasteiger partial charge in [-0.1, -0.05) is 78.9 Å². The zero-order valence-electron chi connectivity index (χ0n) is 20.0. The summed E-state index contributed by atoms with van der Waals surface area (Å²) >= 11 is 0. The fourth-order valence-electron chi connectivity index (χ4n) is 4.88. The maximum atomic E-state index is 9.73. The van der Waals surface area contributed by atoms with Crippen LogP contribution in [0.1, 0.15) is 42.4 Å². The van der Waals surface area contributed by atoms with Gasteiger partial charge in [0.1, 0.15) is 5.75 Å². The first-order valence-electron chi connectivity index (χ1n) is 11.9. The van der Waals surface area contributed by atoms with Gasteiger partial charge in [-0.3, -0.25) is 0 Å². The number of benzene rings is 2. The summed E-state index contributed by atoms with van der Waals surface area (Å²) in [6.07, 6.45) is 15.0. The monoisotopic (exact) mass is 451 g/mol. The molecule has 0 amide bonds. The molecule has 2 unspecified atom stereocenters. The van der Waals surface area contributed by atoms with Crippen molar-refractivity contribution < 1.29 is 10.3 Å². The van der Waals surface area contributed by atoms with Crippen LogP contribution in [0.2, 0.25) is 0 Å². The molecule has 2 aliphatic carbocycles. The largest absolute Gasteiger partial charge is 0.508 e. The Labute approximate surface area is 202 Å². The Morgan fingerprint density at radius 3 is 2.68 bits per heavy atom. The highest BCUT2D eigenvalue weighted by molar-refractivity contribution is 5.82. The summed E-state index contributed by atoms with van der Waals surface area (Å²) in [7, 11) is 0. The van der Waals surface area contributed by atoms with Gasteiger partial charge in [0.25, 0.3) is 0 Å². The van der Waals surface area contributed by atoms with Gasteiger partial charge in [0.05, 0.1) is 0 Å². The van der Waals surface area contributed by atoms with Crippen molar-refractivity contribution in [3.8, 4) is 5.75 Å². The van der Waals surface area contributed by atoms with E-state index in [4.69, 9.17) is 5.21 Å². The highest BCUT2D eigenvalue weighted by Crippen LogP contribution is 2.43. The van der Waals surface area contributed by atoms with E-state index in [0.717, 1.165) is 29.6 Å². The summed E-state index contributed by atoms with van der Waals surface area (Å²) in [5, 5.41) is 18.8. The summed E-state index contributed by atoms with van der Waals surface area (Å²) in [5.41, 5.74) is 12.0. The lowest BCUT2D eigenvalue weighted by molar-refractivity contribution is 0.164. The minimum atomic E-state index is 0.106. The molecule has 2 aromatic rings. The Morgan fingerprint density at radius 2 is 1.94 bits per heavy atom. The minimum absolute atomic E-state index is 0.106. The summed E-state index contributed by atoms with van der Waals surface area (Å²) in [5.74, 6) is 0.630. The van der Waals surface area contributed by atoms with E-state index < -0.39 is 0 Å². The van der Waals surface area contributed by atoms with Gasteiger partial charge in [-0.2, -0.15) is 0 Å². The first kappa shape index (κ1) is 23.7. The summed E-state index contributed by atoms with van der Waals surface area (Å²) < 4.78 is 0. The third kappa shape index (κ3) is 5.22. The fourth-order valence-corrected chi connectivity index (χ4v) is 4.88. The van der Waals surface area contributed by atoms with Crippen LogP contribution in [-0.4, -0.2) is 16.9 Å². The number of nitrogens with one attached hydrogen (secondary N) is 1. The van der Waals surface area contributed by atoms with Crippen molar-refractivity contribution in [2.75, 3.05) is 6.54 Å². The molecule has 4 rings (SSSR count). The molecule has 0 fully saturated rings. The third-order valence-electron chi connectivity index (χ3n) is 6.73. The Balaban J connectivity index is 1.66. The van der Waals surface area contributed by atoms with Crippen molar-refractivity contribution in [1.82, 2.24) is 5.48 Å². The van der Waals surface area contributed by atoms with E-state index in [1.165, 1.54) is 27.8 Å². The van der Waals surface area contributed by atoms with Crippen LogP contribution in [0.3, 0.4) is 0 Å². The molecule has 3 heteroatoms. The number of phenolic OH excluding ortho intramolecular Hbond substituents is 1. The first-order chi connectivity index (χ1) is 16.5. The number of aryl methyl sites for hydroxylation is 1. The normalized spacial score (nSPS) is 18.1. The van der Waals surface area contributed by atoms with Crippen molar-refractivity contribution in [2.45, 2.75) is 32.6 Å². The number of aromatic hydroxyl groups is 1. The van der Waals surface area contributed by atoms with Gasteiger partial charge in [-0.25, -0.2) is 5.48 Å². The molecule has 3 N–H and O–H groups in total. The lowest BCUT2D eigenvalue weighted by Gasteiger charge is -2.21. The van der Waals surface area contributed by atoms with Crippen LogP contribution >= 0.6 is 0 Å². The quantitative estimate of drug-likeness (QED) is 0.215. The summed E-state index contributed by atoms with van der Waals surface area (Å²) in [6, 6.07) is 16.1. The molecule has 0 radical (unpaired) electrons. The third-order valence-corrected chi connectivity index (χ3v) is 6.73. The van der Waals surface area contributed by atoms with Crippen LogP contribution in [0.5, 0.6) is 5.75 Å². The van der Waals surface area contributed by atoms with Crippen molar-refractivity contribution >= 4 is 5.57 Å². The molecular weight excluding hydrogens is 418 g/mol. The van der Waals surface area contributed by atoms with E-state index in [2.05, 4.69) is 86.6 Å². The van der Waals surface area contributed by atoms with Crippen molar-refractivity contribution in [3.63, 3.8) is 0 Å². The van der Waals surface area contributed by atoms with E-state index in [-0.39, 0.29) is 17.6 Å². The predicted octanol–water partition coefficient (Wildman–Crippen LogP) is 7.18. The molecule has 3 nitrogen and oxygen atoms in total. The second-order valence-electron chi connectivity index (χ2n) is 9.15. The van der Waals surface area contributed by atoms with Crippen molar-refractivity contribution in [1.29, 1.82) is 0 Å². The van der Waals surface area contributed by atoms with E-state index in [1.54, 1.807) is 12.1 Å². The molecule has 0 bridgehead atoms. The van der Waals surface area contributed by atoms with Crippen LogP contribution in [0.15, 0.2) is 114 Å². The van der Waals surface area contributed by atoms with E-state index >= 15 is 0 Å². The van der Waals surface area contributed by atoms with Gasteiger partial charge >= 0.3 is 0 Å². The second-order valence-corrected chi connectivity index (χ2v) is 9.15. The van der Waals surface area contributed by atoms with Gasteiger partial charge in [0, 0.05) is 18.4 Å². The zero-order valence-corrected chi connectivity index (χ0v) is 20.0. The standard InChI is InChI=1S/C31H33NO2/c1-21-8-6-9-25(18-21)31-20-26(29-10-4-5-11-30(29)31)19-22(2)23(3)28(12-7-17-32-34)24-13-15-27(33)16-14-24/h4-6,8-11,13-16,18-20,28,30,32-34H,3,7,12,17H2,1-2H3/b22-19+. The Hall–Kier alpha value is -3.40. The van der Waals surface area contributed by atoms with Gasteiger partial charge in [0.2, 0.25) is 0 Å². The molecular formula is C31H33NO2. The van der Waals surface area contributed by atoms with Crippen LogP contribution in [0.4, 0.5) is 0 Å². The Morgan fingerprint density at radius 1 is 1.15 bits per heavy atom. The molecule has 0 saturated carbocycles. The Bertz CT molecular complexity index is 1210. The first-order valence-corrected chi connectivity index (χ1v) is 11.9. The van der Waals surface area contributed by atoms with Crippen LogP contribution in [0, 0.1) is 12.8 Å². The second kappa shape index (κ2) is 10.7. The highest BCUT2D eigenvalue weighted by atomic mass is 16.5. The van der Waals surface area contributed by atoms with Crippen LogP contribution < -0.4 is 5.48 Å². The molecule has 2 atom stereocenters. The molecule has 2 aliphatic rings. The van der Waals surface area contributed by atoms with Crippen molar-refractivity contribution in [3.05, 3.63) is 131 Å². The molecule has 0 spiro atoms. The van der Waals surface area contributed by atoms with Crippen LogP contribution in [-0.2, 0) is 0 Å². The maximum absolute atomic E-state index is 9.73. The summed E-state index contributed by atoms with van der Waals surface area (Å²) in [6.45, 7) is 9.27. The fraction of sp³-hybridized carbons (Fsp3) is 0.226.